The van der Waals surface area contributed by atoms with Crippen molar-refractivity contribution in [2.75, 3.05) is 7.11 Å². The molecular weight excluding hydrogens is 460 g/mol. The smallest absolute Gasteiger partial charge is 0.217 e. The zero-order valence-corrected chi connectivity index (χ0v) is 18.1. The summed E-state index contributed by atoms with van der Waals surface area (Å²) in [6.45, 7) is 0. The summed E-state index contributed by atoms with van der Waals surface area (Å²) in [5.41, 5.74) is 3.06. The minimum absolute atomic E-state index is 0.0632. The molecule has 1 aromatic heterocycles. The molecule has 0 fully saturated rings. The van der Waals surface area contributed by atoms with Gasteiger partial charge in [-0.25, -0.2) is 5.01 Å². The van der Waals surface area contributed by atoms with Gasteiger partial charge in [0, 0.05) is 21.5 Å². The molecule has 0 aliphatic carbocycles. The number of fused-ring (bicyclic) bond motifs is 3. The summed E-state index contributed by atoms with van der Waals surface area (Å²) in [5.74, 6) is 1.60. The van der Waals surface area contributed by atoms with Crippen LogP contribution in [0.2, 0.25) is 5.02 Å². The van der Waals surface area contributed by atoms with Gasteiger partial charge in [0.25, 0.3) is 0 Å². The molecule has 5 rings (SSSR count). The van der Waals surface area contributed by atoms with Crippen molar-refractivity contribution in [3.63, 3.8) is 0 Å². The first-order chi connectivity index (χ1) is 13.6. The highest BCUT2D eigenvalue weighted by atomic mass is 79.9. The Hall–Kier alpha value is -2.02. The van der Waals surface area contributed by atoms with E-state index in [4.69, 9.17) is 26.2 Å². The molecule has 0 spiro atoms. The van der Waals surface area contributed by atoms with Crippen molar-refractivity contribution in [3.8, 4) is 11.5 Å². The van der Waals surface area contributed by atoms with Crippen molar-refractivity contribution in [2.45, 2.75) is 18.7 Å². The number of hydrogen-bond acceptors (Lipinski definition) is 5. The number of halogens is 2. The lowest BCUT2D eigenvalue weighted by molar-refractivity contribution is -0.0203. The molecule has 4 nitrogen and oxygen atoms in total. The number of ether oxygens (including phenoxy) is 2. The number of nitrogens with zero attached hydrogens (tertiary/aromatic N) is 2. The Labute approximate surface area is 180 Å². The van der Waals surface area contributed by atoms with Gasteiger partial charge in [-0.15, -0.1) is 11.3 Å². The first kappa shape index (κ1) is 18.0. The highest BCUT2D eigenvalue weighted by molar-refractivity contribution is 9.10. The Morgan fingerprint density at radius 3 is 2.89 bits per heavy atom. The fraction of sp³-hybridized carbons (Fsp3) is 0.190. The van der Waals surface area contributed by atoms with Crippen molar-refractivity contribution in [2.24, 2.45) is 5.10 Å². The second-order valence-corrected chi connectivity index (χ2v) is 8.96. The van der Waals surface area contributed by atoms with Gasteiger partial charge in [0.05, 0.1) is 29.3 Å². The average molecular weight is 476 g/mol. The molecule has 0 saturated carbocycles. The van der Waals surface area contributed by atoms with Crippen molar-refractivity contribution in [1.29, 1.82) is 0 Å². The highest BCUT2D eigenvalue weighted by Gasteiger charge is 2.42. The lowest BCUT2D eigenvalue weighted by Gasteiger charge is -2.38. The molecular formula is C21H16BrClN2O2S. The number of benzene rings is 2. The van der Waals surface area contributed by atoms with Crippen LogP contribution in [0.4, 0.5) is 0 Å². The lowest BCUT2D eigenvalue weighted by Crippen LogP contribution is -2.34. The minimum Gasteiger partial charge on any atom is -0.496 e. The fourth-order valence-electron chi connectivity index (χ4n) is 3.75. The van der Waals surface area contributed by atoms with E-state index in [1.807, 2.05) is 41.4 Å². The molecule has 2 aliphatic heterocycles. The van der Waals surface area contributed by atoms with Gasteiger partial charge in [-0.1, -0.05) is 33.6 Å². The Kier molecular flexibility index (Phi) is 4.57. The van der Waals surface area contributed by atoms with E-state index in [1.54, 1.807) is 18.4 Å². The molecule has 0 radical (unpaired) electrons. The van der Waals surface area contributed by atoms with Crippen LogP contribution in [-0.2, 0) is 0 Å². The van der Waals surface area contributed by atoms with Crippen LogP contribution in [0, 0.1) is 0 Å². The van der Waals surface area contributed by atoms with E-state index in [-0.39, 0.29) is 12.3 Å². The van der Waals surface area contributed by atoms with Crippen LogP contribution >= 0.6 is 38.9 Å². The maximum Gasteiger partial charge on any atom is 0.217 e. The first-order valence-corrected chi connectivity index (χ1v) is 10.9. The molecule has 3 aromatic rings. The van der Waals surface area contributed by atoms with Gasteiger partial charge < -0.3 is 9.47 Å². The van der Waals surface area contributed by atoms with Crippen LogP contribution in [-0.4, -0.2) is 17.8 Å². The molecule has 0 bridgehead atoms. The summed E-state index contributed by atoms with van der Waals surface area (Å²) < 4.78 is 13.0. The van der Waals surface area contributed by atoms with Crippen LogP contribution in [0.1, 0.15) is 34.7 Å². The van der Waals surface area contributed by atoms with Crippen molar-refractivity contribution in [1.82, 2.24) is 5.01 Å². The largest absolute Gasteiger partial charge is 0.496 e. The molecule has 28 heavy (non-hydrogen) atoms. The van der Waals surface area contributed by atoms with Crippen LogP contribution < -0.4 is 9.47 Å². The summed E-state index contributed by atoms with van der Waals surface area (Å²) in [5, 5.41) is 9.78. The fourth-order valence-corrected chi connectivity index (χ4v) is 5.03. The minimum atomic E-state index is -0.386. The van der Waals surface area contributed by atoms with Crippen LogP contribution in [0.3, 0.4) is 0 Å². The van der Waals surface area contributed by atoms with Gasteiger partial charge in [0.2, 0.25) is 6.23 Å². The van der Waals surface area contributed by atoms with Crippen molar-refractivity contribution < 1.29 is 9.47 Å². The van der Waals surface area contributed by atoms with E-state index in [0.29, 0.717) is 5.02 Å². The third kappa shape index (κ3) is 3.00. The second kappa shape index (κ2) is 7.10. The van der Waals surface area contributed by atoms with Gasteiger partial charge in [0.15, 0.2) is 0 Å². The summed E-state index contributed by atoms with van der Waals surface area (Å²) in [6, 6.07) is 15.9. The molecule has 3 heterocycles. The van der Waals surface area contributed by atoms with E-state index in [1.165, 1.54) is 4.88 Å². The first-order valence-electron chi connectivity index (χ1n) is 8.83. The average Bonchev–Trinajstić information content (AvgIpc) is 3.37. The van der Waals surface area contributed by atoms with Gasteiger partial charge in [-0.2, -0.15) is 5.10 Å². The zero-order valence-electron chi connectivity index (χ0n) is 14.9. The lowest BCUT2D eigenvalue weighted by atomic mass is 9.97. The quantitative estimate of drug-likeness (QED) is 0.438. The molecule has 2 aromatic carbocycles. The Morgan fingerprint density at radius 1 is 1.21 bits per heavy atom. The number of thiophene rings is 1. The standard InChI is InChI=1S/C21H16BrClN2O2S/c1-26-18-6-4-12(22)9-15(18)21-25-17(11-16(24-25)20-3-2-8-28-20)14-10-13(23)5-7-19(14)27-21/h2-10,17,21H,11H2,1H3/t17-,21+/m0/s1. The Bertz CT molecular complexity index is 1070. The Morgan fingerprint density at radius 2 is 2.11 bits per heavy atom. The topological polar surface area (TPSA) is 34.1 Å². The molecule has 2 atom stereocenters. The molecule has 0 amide bonds. The maximum atomic E-state index is 6.41. The normalized spacial score (nSPS) is 20.2. The number of hydrogen-bond donors (Lipinski definition) is 0. The predicted molar refractivity (Wildman–Crippen MR) is 116 cm³/mol. The molecule has 7 heteroatoms. The number of hydrazone groups is 1. The summed E-state index contributed by atoms with van der Waals surface area (Å²) >= 11 is 11.6. The molecule has 142 valence electrons. The molecule has 0 saturated heterocycles. The zero-order chi connectivity index (χ0) is 19.3. The van der Waals surface area contributed by atoms with Crippen molar-refractivity contribution in [3.05, 3.63) is 79.4 Å². The number of methoxy groups -OCH3 is 1. The van der Waals surface area contributed by atoms with Gasteiger partial charge in [-0.3, -0.25) is 0 Å². The number of rotatable bonds is 3. The van der Waals surface area contributed by atoms with Gasteiger partial charge >= 0.3 is 0 Å². The maximum absolute atomic E-state index is 6.41. The third-order valence-corrected chi connectivity index (χ3v) is 6.66. The SMILES string of the molecule is COc1ccc(Br)cc1[C@H]1Oc2ccc(Cl)cc2[C@@H]2CC(c3cccs3)=NN12. The molecule has 0 N–H and O–H groups in total. The van der Waals surface area contributed by atoms with Crippen LogP contribution in [0.15, 0.2) is 63.5 Å². The second-order valence-electron chi connectivity index (χ2n) is 6.66. The van der Waals surface area contributed by atoms with Crippen molar-refractivity contribution >= 4 is 44.6 Å². The summed E-state index contributed by atoms with van der Waals surface area (Å²) in [6.07, 6.45) is 0.424. The van der Waals surface area contributed by atoms with E-state index in [9.17, 15) is 0 Å². The van der Waals surface area contributed by atoms with Crippen LogP contribution in [0.5, 0.6) is 11.5 Å². The highest BCUT2D eigenvalue weighted by Crippen LogP contribution is 2.49. The molecule has 0 unspecified atom stereocenters. The van der Waals surface area contributed by atoms with Gasteiger partial charge in [0.1, 0.15) is 11.5 Å². The summed E-state index contributed by atoms with van der Waals surface area (Å²) in [7, 11) is 1.67. The molecule has 2 aliphatic rings. The van der Waals surface area contributed by atoms with E-state index >= 15 is 0 Å². The van der Waals surface area contributed by atoms with Gasteiger partial charge in [-0.05, 0) is 47.8 Å². The van der Waals surface area contributed by atoms with Crippen LogP contribution in [0.25, 0.3) is 0 Å². The Balaban J connectivity index is 1.65. The van der Waals surface area contributed by atoms with E-state index < -0.39 is 0 Å². The van der Waals surface area contributed by atoms with E-state index in [2.05, 4.69) is 33.4 Å². The predicted octanol–water partition coefficient (Wildman–Crippen LogP) is 6.41. The monoisotopic (exact) mass is 474 g/mol. The summed E-state index contributed by atoms with van der Waals surface area (Å²) in [4.78, 5) is 1.18. The van der Waals surface area contributed by atoms with E-state index in [0.717, 1.165) is 39.2 Å². The third-order valence-electron chi connectivity index (χ3n) is 5.02.